The number of oxazole rings is 1. The highest BCUT2D eigenvalue weighted by Crippen LogP contribution is 2.49. The number of H-pyrrole nitrogens is 1. The minimum absolute atomic E-state index is 0.111. The van der Waals surface area contributed by atoms with Gasteiger partial charge in [0, 0.05) is 5.69 Å². The van der Waals surface area contributed by atoms with Gasteiger partial charge in [-0.25, -0.2) is 17.9 Å². The van der Waals surface area contributed by atoms with Gasteiger partial charge in [-0.05, 0) is 73.0 Å². The molecule has 0 radical (unpaired) electrons. The number of hydrogen-bond acceptors (Lipinski definition) is 5. The van der Waals surface area contributed by atoms with E-state index in [4.69, 9.17) is 4.42 Å². The van der Waals surface area contributed by atoms with Gasteiger partial charge in [0.15, 0.2) is 5.58 Å². The SMILES string of the molecule is CNS(=O)(=O)c1ccc(-c2cccc(NC(=O)C3(c4ccc5oc(=O)[nH]c5c4)CC3)c2)cc1. The molecule has 0 spiro atoms. The van der Waals surface area contributed by atoms with E-state index in [0.717, 1.165) is 16.7 Å². The molecule has 1 aromatic heterocycles. The van der Waals surface area contributed by atoms with Crippen molar-refractivity contribution in [2.75, 3.05) is 12.4 Å². The first-order valence-corrected chi connectivity index (χ1v) is 11.9. The Balaban J connectivity index is 1.38. The van der Waals surface area contributed by atoms with Gasteiger partial charge < -0.3 is 9.73 Å². The van der Waals surface area contributed by atoms with E-state index in [0.29, 0.717) is 29.6 Å². The van der Waals surface area contributed by atoms with Crippen LogP contribution in [0.1, 0.15) is 18.4 Å². The van der Waals surface area contributed by atoms with Crippen molar-refractivity contribution in [3.8, 4) is 11.1 Å². The molecule has 1 heterocycles. The van der Waals surface area contributed by atoms with E-state index >= 15 is 0 Å². The molecule has 1 saturated carbocycles. The third-order valence-corrected chi connectivity index (χ3v) is 7.47. The first-order chi connectivity index (χ1) is 15.8. The second-order valence-electron chi connectivity index (χ2n) is 8.07. The first-order valence-electron chi connectivity index (χ1n) is 10.4. The maximum atomic E-state index is 13.2. The number of carbonyl (C=O) groups is 1. The van der Waals surface area contributed by atoms with Gasteiger partial charge in [-0.1, -0.05) is 30.3 Å². The molecule has 0 saturated heterocycles. The number of fused-ring (bicyclic) bond motifs is 1. The minimum atomic E-state index is -3.50. The third-order valence-electron chi connectivity index (χ3n) is 6.04. The highest BCUT2D eigenvalue weighted by molar-refractivity contribution is 7.89. The van der Waals surface area contributed by atoms with Crippen LogP contribution in [0.4, 0.5) is 5.69 Å². The van der Waals surface area contributed by atoms with E-state index in [1.54, 1.807) is 36.4 Å². The lowest BCUT2D eigenvalue weighted by molar-refractivity contribution is -0.118. The number of aromatic nitrogens is 1. The lowest BCUT2D eigenvalue weighted by Gasteiger charge is -2.16. The smallest absolute Gasteiger partial charge is 0.408 e. The molecule has 3 aromatic carbocycles. The van der Waals surface area contributed by atoms with Gasteiger partial charge in [-0.3, -0.25) is 9.78 Å². The van der Waals surface area contributed by atoms with E-state index in [9.17, 15) is 18.0 Å². The van der Waals surface area contributed by atoms with E-state index in [2.05, 4.69) is 15.0 Å². The van der Waals surface area contributed by atoms with Crippen molar-refractivity contribution in [1.82, 2.24) is 9.71 Å². The number of nitrogens with one attached hydrogen (secondary N) is 3. The number of aromatic amines is 1. The topological polar surface area (TPSA) is 121 Å². The number of rotatable bonds is 6. The fraction of sp³-hybridized carbons (Fsp3) is 0.167. The van der Waals surface area contributed by atoms with Crippen molar-refractivity contribution in [2.24, 2.45) is 0 Å². The van der Waals surface area contributed by atoms with Gasteiger partial charge in [0.05, 0.1) is 15.8 Å². The molecule has 5 rings (SSSR count). The van der Waals surface area contributed by atoms with Gasteiger partial charge >= 0.3 is 5.76 Å². The van der Waals surface area contributed by atoms with Gasteiger partial charge in [-0.15, -0.1) is 0 Å². The summed E-state index contributed by atoms with van der Waals surface area (Å²) in [5.41, 5.74) is 3.56. The molecule has 1 fully saturated rings. The van der Waals surface area contributed by atoms with Crippen LogP contribution >= 0.6 is 0 Å². The van der Waals surface area contributed by atoms with Crippen molar-refractivity contribution in [3.63, 3.8) is 0 Å². The number of amides is 1. The highest BCUT2D eigenvalue weighted by atomic mass is 32.2. The zero-order valence-corrected chi connectivity index (χ0v) is 18.5. The molecule has 1 aliphatic carbocycles. The molecule has 168 valence electrons. The maximum Gasteiger partial charge on any atom is 0.417 e. The number of benzene rings is 3. The summed E-state index contributed by atoms with van der Waals surface area (Å²) in [7, 11) is -2.13. The third kappa shape index (κ3) is 3.85. The van der Waals surface area contributed by atoms with Gasteiger partial charge in [0.2, 0.25) is 15.9 Å². The largest absolute Gasteiger partial charge is 0.417 e. The molecule has 0 unspecified atom stereocenters. The standard InChI is InChI=1S/C24H21N3O5S/c1-25-33(30,31)19-8-5-15(6-9-19)16-3-2-4-18(13-16)26-22(28)24(11-12-24)17-7-10-21-20(14-17)27-23(29)32-21/h2-10,13-14,25H,11-12H2,1H3,(H,26,28)(H,27,29). The van der Waals surface area contributed by atoms with Crippen LogP contribution in [0.5, 0.6) is 0 Å². The van der Waals surface area contributed by atoms with Crippen molar-refractivity contribution in [3.05, 3.63) is 82.8 Å². The molecule has 33 heavy (non-hydrogen) atoms. The average Bonchev–Trinajstić information content (AvgIpc) is 3.55. The Labute approximate surface area is 189 Å². The predicted molar refractivity (Wildman–Crippen MR) is 124 cm³/mol. The summed E-state index contributed by atoms with van der Waals surface area (Å²) in [6, 6.07) is 19.3. The van der Waals surface area contributed by atoms with Crippen molar-refractivity contribution in [2.45, 2.75) is 23.2 Å². The van der Waals surface area contributed by atoms with Crippen LogP contribution in [-0.4, -0.2) is 26.4 Å². The van der Waals surface area contributed by atoms with Crippen LogP contribution in [0.15, 0.2) is 80.8 Å². The van der Waals surface area contributed by atoms with E-state index in [1.165, 1.54) is 7.05 Å². The molecule has 0 atom stereocenters. The normalized spacial score (nSPS) is 14.8. The molecule has 4 aromatic rings. The second-order valence-corrected chi connectivity index (χ2v) is 9.96. The van der Waals surface area contributed by atoms with Crippen molar-refractivity contribution in [1.29, 1.82) is 0 Å². The van der Waals surface area contributed by atoms with Crippen molar-refractivity contribution < 1.29 is 17.6 Å². The van der Waals surface area contributed by atoms with Crippen LogP contribution < -0.4 is 15.8 Å². The summed E-state index contributed by atoms with van der Waals surface area (Å²) >= 11 is 0. The van der Waals surface area contributed by atoms with Gasteiger partial charge in [0.25, 0.3) is 0 Å². The minimum Gasteiger partial charge on any atom is -0.408 e. The number of anilines is 1. The summed E-state index contributed by atoms with van der Waals surface area (Å²) < 4.78 is 31.2. The summed E-state index contributed by atoms with van der Waals surface area (Å²) in [5, 5.41) is 3.01. The average molecular weight is 464 g/mol. The summed E-state index contributed by atoms with van der Waals surface area (Å²) in [5.74, 6) is -0.634. The molecule has 9 heteroatoms. The van der Waals surface area contributed by atoms with Crippen LogP contribution in [0.2, 0.25) is 0 Å². The molecule has 0 bridgehead atoms. The Bertz CT molecular complexity index is 1530. The number of hydrogen-bond donors (Lipinski definition) is 3. The predicted octanol–water partition coefficient (Wildman–Crippen LogP) is 3.37. The quantitative estimate of drug-likeness (QED) is 0.405. The molecule has 3 N–H and O–H groups in total. The Morgan fingerprint density at radius 1 is 1.00 bits per heavy atom. The number of sulfonamides is 1. The van der Waals surface area contributed by atoms with E-state index < -0.39 is 21.2 Å². The molecular formula is C24H21N3O5S. The fourth-order valence-corrected chi connectivity index (χ4v) is 4.72. The monoisotopic (exact) mass is 463 g/mol. The Hall–Kier alpha value is -3.69. The second kappa shape index (κ2) is 7.72. The molecule has 0 aliphatic heterocycles. The van der Waals surface area contributed by atoms with Crippen LogP contribution in [0.25, 0.3) is 22.2 Å². The van der Waals surface area contributed by atoms with E-state index in [-0.39, 0.29) is 10.8 Å². The fourth-order valence-electron chi connectivity index (χ4n) is 3.99. The lowest BCUT2D eigenvalue weighted by atomic mass is 9.94. The van der Waals surface area contributed by atoms with E-state index in [1.807, 2.05) is 30.3 Å². The van der Waals surface area contributed by atoms with Gasteiger partial charge in [0.1, 0.15) is 0 Å². The Morgan fingerprint density at radius 2 is 1.76 bits per heavy atom. The maximum absolute atomic E-state index is 13.2. The molecular weight excluding hydrogens is 442 g/mol. The summed E-state index contributed by atoms with van der Waals surface area (Å²) in [6.45, 7) is 0. The zero-order valence-electron chi connectivity index (χ0n) is 17.7. The Kier molecular flexibility index (Phi) is 4.95. The molecule has 8 nitrogen and oxygen atoms in total. The first kappa shape index (κ1) is 21.2. The molecule has 1 aliphatic rings. The van der Waals surface area contributed by atoms with Crippen molar-refractivity contribution >= 4 is 32.7 Å². The summed E-state index contributed by atoms with van der Waals surface area (Å²) in [4.78, 5) is 27.5. The zero-order chi connectivity index (χ0) is 23.2. The van der Waals surface area contributed by atoms with Crippen LogP contribution in [0.3, 0.4) is 0 Å². The Morgan fingerprint density at radius 3 is 2.45 bits per heavy atom. The van der Waals surface area contributed by atoms with Gasteiger partial charge in [-0.2, -0.15) is 0 Å². The number of carbonyl (C=O) groups excluding carboxylic acids is 1. The molecule has 1 amide bonds. The van der Waals surface area contributed by atoms with Crippen LogP contribution in [0, 0.1) is 0 Å². The van der Waals surface area contributed by atoms with Crippen LogP contribution in [-0.2, 0) is 20.2 Å². The summed E-state index contributed by atoms with van der Waals surface area (Å²) in [6.07, 6.45) is 1.43. The highest BCUT2D eigenvalue weighted by Gasteiger charge is 2.51. The lowest BCUT2D eigenvalue weighted by Crippen LogP contribution is -2.27.